The maximum absolute atomic E-state index is 4.44. The van der Waals surface area contributed by atoms with Gasteiger partial charge in [0.1, 0.15) is 5.82 Å². The van der Waals surface area contributed by atoms with Gasteiger partial charge in [0.05, 0.1) is 5.75 Å². The summed E-state index contributed by atoms with van der Waals surface area (Å²) in [6.07, 6.45) is 6.50. The number of nitrogens with one attached hydrogen (secondary N) is 1. The first-order chi connectivity index (χ1) is 9.79. The monoisotopic (exact) mass is 285 g/mol. The van der Waals surface area contributed by atoms with Crippen molar-refractivity contribution >= 4 is 11.8 Å². The van der Waals surface area contributed by atoms with Crippen molar-refractivity contribution in [2.24, 2.45) is 0 Å². The topological polar surface area (TPSA) is 37.8 Å². The Morgan fingerprint density at radius 3 is 2.75 bits per heavy atom. The van der Waals surface area contributed by atoms with E-state index in [1.807, 2.05) is 12.4 Å². The molecule has 4 heteroatoms. The average Bonchev–Trinajstić information content (AvgIpc) is 3.28. The molecule has 20 heavy (non-hydrogen) atoms. The van der Waals surface area contributed by atoms with Crippen LogP contribution in [0.25, 0.3) is 0 Å². The van der Waals surface area contributed by atoms with Crippen molar-refractivity contribution in [1.29, 1.82) is 0 Å². The fraction of sp³-hybridized carbons (Fsp3) is 0.375. The molecule has 0 amide bonds. The third-order valence-electron chi connectivity index (χ3n) is 3.29. The number of thioether (sulfide) groups is 1. The van der Waals surface area contributed by atoms with Crippen LogP contribution < -0.4 is 5.32 Å². The Bertz CT molecular complexity index is 564. The Morgan fingerprint density at radius 2 is 2.05 bits per heavy atom. The Hall–Kier alpha value is -1.39. The number of aromatic nitrogens is 2. The molecule has 1 heterocycles. The van der Waals surface area contributed by atoms with Gasteiger partial charge in [-0.05, 0) is 31.9 Å². The second-order valence-corrected chi connectivity index (χ2v) is 6.32. The van der Waals surface area contributed by atoms with E-state index < -0.39 is 0 Å². The van der Waals surface area contributed by atoms with Crippen LogP contribution in [-0.4, -0.2) is 16.0 Å². The van der Waals surface area contributed by atoms with Gasteiger partial charge in [-0.25, -0.2) is 9.97 Å². The van der Waals surface area contributed by atoms with Crippen molar-refractivity contribution in [1.82, 2.24) is 15.3 Å². The van der Waals surface area contributed by atoms with Crippen LogP contribution in [0.4, 0.5) is 0 Å². The number of aryl methyl sites for hydroxylation is 1. The first-order valence-corrected chi connectivity index (χ1v) is 8.01. The predicted molar refractivity (Wildman–Crippen MR) is 82.6 cm³/mol. The molecular formula is C16H19N3S. The zero-order valence-electron chi connectivity index (χ0n) is 11.7. The highest BCUT2D eigenvalue weighted by Crippen LogP contribution is 2.22. The van der Waals surface area contributed by atoms with Crippen molar-refractivity contribution in [3.8, 4) is 0 Å². The Kier molecular flexibility index (Phi) is 4.33. The van der Waals surface area contributed by atoms with Crippen LogP contribution in [0.5, 0.6) is 0 Å². The molecule has 1 aliphatic carbocycles. The molecule has 1 saturated carbocycles. The number of rotatable bonds is 6. The van der Waals surface area contributed by atoms with Gasteiger partial charge in [0, 0.05) is 35.4 Å². The van der Waals surface area contributed by atoms with E-state index in [1.54, 1.807) is 11.8 Å². The first kappa shape index (κ1) is 13.6. The van der Waals surface area contributed by atoms with Crippen LogP contribution in [0, 0.1) is 6.92 Å². The molecule has 1 fully saturated rings. The molecule has 1 aromatic carbocycles. The van der Waals surface area contributed by atoms with E-state index in [9.17, 15) is 0 Å². The van der Waals surface area contributed by atoms with Gasteiger partial charge in [0.2, 0.25) is 0 Å². The zero-order valence-corrected chi connectivity index (χ0v) is 12.5. The molecule has 0 atom stereocenters. The summed E-state index contributed by atoms with van der Waals surface area (Å²) in [5.41, 5.74) is 2.46. The van der Waals surface area contributed by atoms with E-state index in [0.717, 1.165) is 24.2 Å². The van der Waals surface area contributed by atoms with Gasteiger partial charge in [-0.3, -0.25) is 0 Å². The second kappa shape index (κ2) is 6.37. The number of nitrogens with zero attached hydrogens (tertiary/aromatic N) is 2. The molecule has 104 valence electrons. The molecule has 0 spiro atoms. The third kappa shape index (κ3) is 4.05. The minimum Gasteiger partial charge on any atom is -0.310 e. The minimum absolute atomic E-state index is 0.728. The molecule has 3 rings (SSSR count). The van der Waals surface area contributed by atoms with E-state index in [-0.39, 0.29) is 0 Å². The summed E-state index contributed by atoms with van der Waals surface area (Å²) in [5.74, 6) is 1.71. The van der Waals surface area contributed by atoms with Crippen LogP contribution in [0.3, 0.4) is 0 Å². The van der Waals surface area contributed by atoms with Crippen LogP contribution in [0.1, 0.15) is 29.8 Å². The fourth-order valence-corrected chi connectivity index (χ4v) is 2.84. The highest BCUT2D eigenvalue weighted by molar-refractivity contribution is 7.98. The van der Waals surface area contributed by atoms with Gasteiger partial charge < -0.3 is 5.32 Å². The molecule has 1 aliphatic rings. The van der Waals surface area contributed by atoms with Crippen molar-refractivity contribution in [3.05, 3.63) is 53.6 Å². The smallest absolute Gasteiger partial charge is 0.138 e. The van der Waals surface area contributed by atoms with E-state index >= 15 is 0 Å². The third-order valence-corrected chi connectivity index (χ3v) is 4.28. The lowest BCUT2D eigenvalue weighted by Crippen LogP contribution is -2.15. The highest BCUT2D eigenvalue weighted by atomic mass is 32.2. The van der Waals surface area contributed by atoms with Crippen molar-refractivity contribution in [2.45, 2.75) is 43.0 Å². The summed E-state index contributed by atoms with van der Waals surface area (Å²) in [6.45, 7) is 3.00. The second-order valence-electron chi connectivity index (χ2n) is 5.27. The lowest BCUT2D eigenvalue weighted by Gasteiger charge is -2.04. The van der Waals surface area contributed by atoms with E-state index in [2.05, 4.69) is 46.5 Å². The molecule has 0 unspecified atom stereocenters. The number of hydrogen-bond donors (Lipinski definition) is 1. The van der Waals surface area contributed by atoms with E-state index in [4.69, 9.17) is 0 Å². The van der Waals surface area contributed by atoms with Crippen molar-refractivity contribution < 1.29 is 0 Å². The normalized spacial score (nSPS) is 14.4. The summed E-state index contributed by atoms with van der Waals surface area (Å²) >= 11 is 1.78. The van der Waals surface area contributed by atoms with Gasteiger partial charge in [-0.2, -0.15) is 0 Å². The molecule has 0 saturated heterocycles. The highest BCUT2D eigenvalue weighted by Gasteiger charge is 2.19. The average molecular weight is 285 g/mol. The van der Waals surface area contributed by atoms with Gasteiger partial charge in [-0.15, -0.1) is 11.8 Å². The molecule has 1 N–H and O–H groups in total. The summed E-state index contributed by atoms with van der Waals surface area (Å²) in [5, 5.41) is 3.47. The van der Waals surface area contributed by atoms with Crippen molar-refractivity contribution in [3.63, 3.8) is 0 Å². The maximum atomic E-state index is 4.44. The molecule has 0 aliphatic heterocycles. The molecule has 0 bridgehead atoms. The van der Waals surface area contributed by atoms with Gasteiger partial charge in [0.15, 0.2) is 0 Å². The lowest BCUT2D eigenvalue weighted by molar-refractivity contribution is 0.682. The predicted octanol–water partition coefficient (Wildman–Crippen LogP) is 3.33. The zero-order chi connectivity index (χ0) is 13.8. The van der Waals surface area contributed by atoms with Crippen LogP contribution in [-0.2, 0) is 12.3 Å². The number of hydrogen-bond acceptors (Lipinski definition) is 4. The summed E-state index contributed by atoms with van der Waals surface area (Å²) in [7, 11) is 0. The Morgan fingerprint density at radius 1 is 1.25 bits per heavy atom. The maximum Gasteiger partial charge on any atom is 0.138 e. The fourth-order valence-electron chi connectivity index (χ4n) is 1.95. The molecule has 3 nitrogen and oxygen atoms in total. The SMILES string of the molecule is Cc1cccc(SCc2ncc(CNC3CC3)cn2)c1. The van der Waals surface area contributed by atoms with Gasteiger partial charge >= 0.3 is 0 Å². The van der Waals surface area contributed by atoms with Gasteiger partial charge in [-0.1, -0.05) is 17.7 Å². The van der Waals surface area contributed by atoms with E-state index in [0.29, 0.717) is 0 Å². The van der Waals surface area contributed by atoms with Crippen LogP contribution in [0.15, 0.2) is 41.6 Å². The summed E-state index contributed by atoms with van der Waals surface area (Å²) < 4.78 is 0. The largest absolute Gasteiger partial charge is 0.310 e. The summed E-state index contributed by atoms with van der Waals surface area (Å²) in [4.78, 5) is 10.2. The number of benzene rings is 1. The van der Waals surface area contributed by atoms with E-state index in [1.165, 1.54) is 28.9 Å². The molecule has 2 aromatic rings. The van der Waals surface area contributed by atoms with Crippen molar-refractivity contribution in [2.75, 3.05) is 0 Å². The molecule has 1 aromatic heterocycles. The molecule has 0 radical (unpaired) electrons. The molecular weight excluding hydrogens is 266 g/mol. The quantitative estimate of drug-likeness (QED) is 0.826. The first-order valence-electron chi connectivity index (χ1n) is 7.02. The van der Waals surface area contributed by atoms with Gasteiger partial charge in [0.25, 0.3) is 0 Å². The van der Waals surface area contributed by atoms with Crippen LogP contribution >= 0.6 is 11.8 Å². The summed E-state index contributed by atoms with van der Waals surface area (Å²) in [6, 6.07) is 9.25. The minimum atomic E-state index is 0.728. The Labute approximate surface area is 124 Å². The van der Waals surface area contributed by atoms with Crippen LogP contribution in [0.2, 0.25) is 0 Å². The lowest BCUT2D eigenvalue weighted by atomic mass is 10.2. The Balaban J connectivity index is 1.52. The standard InChI is InChI=1S/C16H19N3S/c1-12-3-2-4-15(7-12)20-11-16-18-9-13(10-19-16)8-17-14-5-6-14/h2-4,7,9-10,14,17H,5-6,8,11H2,1H3.